The van der Waals surface area contributed by atoms with Crippen LogP contribution in [-0.2, 0) is 5.75 Å². The molecule has 0 aliphatic heterocycles. The zero-order valence-corrected chi connectivity index (χ0v) is 10.9. The van der Waals surface area contributed by atoms with E-state index in [0.717, 1.165) is 10.0 Å². The van der Waals surface area contributed by atoms with Crippen LogP contribution in [0.1, 0.15) is 5.69 Å². The van der Waals surface area contributed by atoms with Crippen molar-refractivity contribution in [2.75, 3.05) is 0 Å². The van der Waals surface area contributed by atoms with Gasteiger partial charge in [-0.15, -0.1) is 11.3 Å². The Morgan fingerprint density at radius 2 is 2.33 bits per heavy atom. The molecule has 0 bridgehead atoms. The van der Waals surface area contributed by atoms with Crippen LogP contribution in [0.5, 0.6) is 0 Å². The summed E-state index contributed by atoms with van der Waals surface area (Å²) in [6.07, 6.45) is 3.50. The standard InChI is InChI=1S/C12H9N3OS2/c16-11-7-9(8-18-12-13-4-6-17-12)14-10-3-1-2-5-15(10)11/h1-7H,8H2. The number of thioether (sulfide) groups is 1. The van der Waals surface area contributed by atoms with Crippen LogP contribution >= 0.6 is 23.1 Å². The highest BCUT2D eigenvalue weighted by Crippen LogP contribution is 2.23. The Morgan fingerprint density at radius 1 is 1.39 bits per heavy atom. The first-order valence-electron chi connectivity index (χ1n) is 5.32. The fourth-order valence-electron chi connectivity index (χ4n) is 1.59. The molecule has 0 atom stereocenters. The van der Waals surface area contributed by atoms with Gasteiger partial charge in [-0.05, 0) is 12.1 Å². The van der Waals surface area contributed by atoms with Gasteiger partial charge >= 0.3 is 0 Å². The van der Waals surface area contributed by atoms with Gasteiger partial charge in [0.2, 0.25) is 0 Å². The first kappa shape index (κ1) is 11.4. The number of pyridine rings is 1. The van der Waals surface area contributed by atoms with Crippen molar-refractivity contribution in [2.45, 2.75) is 10.1 Å². The van der Waals surface area contributed by atoms with Crippen molar-refractivity contribution in [1.29, 1.82) is 0 Å². The van der Waals surface area contributed by atoms with Gasteiger partial charge in [-0.25, -0.2) is 9.97 Å². The molecule has 0 aliphatic rings. The van der Waals surface area contributed by atoms with E-state index < -0.39 is 0 Å². The molecule has 18 heavy (non-hydrogen) atoms. The highest BCUT2D eigenvalue weighted by Gasteiger charge is 2.03. The van der Waals surface area contributed by atoms with Gasteiger partial charge < -0.3 is 0 Å². The molecule has 0 spiro atoms. The molecule has 0 aromatic carbocycles. The maximum absolute atomic E-state index is 11.9. The van der Waals surface area contributed by atoms with E-state index in [-0.39, 0.29) is 5.56 Å². The summed E-state index contributed by atoms with van der Waals surface area (Å²) < 4.78 is 2.53. The molecule has 0 saturated carbocycles. The van der Waals surface area contributed by atoms with E-state index in [0.29, 0.717) is 11.4 Å². The molecular formula is C12H9N3OS2. The third kappa shape index (κ3) is 2.30. The quantitative estimate of drug-likeness (QED) is 0.689. The van der Waals surface area contributed by atoms with Crippen LogP contribution in [0.15, 0.2) is 51.2 Å². The molecule has 90 valence electrons. The average molecular weight is 275 g/mol. The summed E-state index contributed by atoms with van der Waals surface area (Å²) in [4.78, 5) is 20.5. The van der Waals surface area contributed by atoms with E-state index in [9.17, 15) is 4.79 Å². The van der Waals surface area contributed by atoms with Gasteiger partial charge in [-0.1, -0.05) is 17.8 Å². The van der Waals surface area contributed by atoms with Gasteiger partial charge in [-0.2, -0.15) is 0 Å². The molecule has 0 N–H and O–H groups in total. The van der Waals surface area contributed by atoms with Crippen molar-refractivity contribution in [1.82, 2.24) is 14.4 Å². The Kier molecular flexibility index (Phi) is 3.12. The SMILES string of the molecule is O=c1cc(CSc2nccs2)nc2ccccn12. The van der Waals surface area contributed by atoms with Gasteiger partial charge in [0.25, 0.3) is 5.56 Å². The lowest BCUT2D eigenvalue weighted by Gasteiger charge is -2.02. The fraction of sp³-hybridized carbons (Fsp3) is 0.0833. The molecule has 4 nitrogen and oxygen atoms in total. The van der Waals surface area contributed by atoms with E-state index in [4.69, 9.17) is 0 Å². The molecule has 3 aromatic heterocycles. The lowest BCUT2D eigenvalue weighted by molar-refractivity contribution is 1.01. The van der Waals surface area contributed by atoms with Crippen LogP contribution < -0.4 is 5.56 Å². The second-order valence-electron chi connectivity index (χ2n) is 3.60. The number of thiazole rings is 1. The van der Waals surface area contributed by atoms with Crippen LogP contribution in [0.4, 0.5) is 0 Å². The molecule has 0 saturated heterocycles. The predicted octanol–water partition coefficient (Wildman–Crippen LogP) is 2.44. The highest BCUT2D eigenvalue weighted by molar-refractivity contribution is 8.00. The summed E-state index contributed by atoms with van der Waals surface area (Å²) in [6, 6.07) is 7.10. The van der Waals surface area contributed by atoms with Crippen LogP contribution in [0.2, 0.25) is 0 Å². The summed E-state index contributed by atoms with van der Waals surface area (Å²) in [5.74, 6) is 0.661. The van der Waals surface area contributed by atoms with Crippen molar-refractivity contribution >= 4 is 28.7 Å². The third-order valence-electron chi connectivity index (χ3n) is 2.38. The summed E-state index contributed by atoms with van der Waals surface area (Å²) >= 11 is 3.18. The van der Waals surface area contributed by atoms with Crippen molar-refractivity contribution in [3.8, 4) is 0 Å². The van der Waals surface area contributed by atoms with Gasteiger partial charge in [-0.3, -0.25) is 9.20 Å². The molecule has 0 unspecified atom stereocenters. The van der Waals surface area contributed by atoms with Crippen molar-refractivity contribution in [3.63, 3.8) is 0 Å². The van der Waals surface area contributed by atoms with Crippen molar-refractivity contribution < 1.29 is 0 Å². The van der Waals surface area contributed by atoms with E-state index in [1.807, 2.05) is 23.6 Å². The fourth-order valence-corrected chi connectivity index (χ4v) is 3.12. The Labute approximate surface area is 111 Å². The number of nitrogens with zero attached hydrogens (tertiary/aromatic N) is 3. The highest BCUT2D eigenvalue weighted by atomic mass is 32.2. The Bertz CT molecular complexity index is 722. The maximum Gasteiger partial charge on any atom is 0.258 e. The van der Waals surface area contributed by atoms with Crippen molar-refractivity contribution in [2.24, 2.45) is 0 Å². The predicted molar refractivity (Wildman–Crippen MR) is 73.1 cm³/mol. The largest absolute Gasteiger partial charge is 0.269 e. The monoisotopic (exact) mass is 275 g/mol. The maximum atomic E-state index is 11.9. The molecule has 0 radical (unpaired) electrons. The minimum atomic E-state index is -0.0460. The van der Waals surface area contributed by atoms with Crippen LogP contribution in [0.3, 0.4) is 0 Å². The first-order chi connectivity index (χ1) is 8.83. The molecule has 0 aliphatic carbocycles. The molecule has 3 aromatic rings. The van der Waals surface area contributed by atoms with Crippen LogP contribution in [0, 0.1) is 0 Å². The van der Waals surface area contributed by atoms with E-state index in [1.54, 1.807) is 41.6 Å². The van der Waals surface area contributed by atoms with E-state index in [1.165, 1.54) is 4.40 Å². The molecule has 3 heterocycles. The number of hydrogen-bond donors (Lipinski definition) is 0. The van der Waals surface area contributed by atoms with Crippen molar-refractivity contribution in [3.05, 3.63) is 58.1 Å². The molecule has 0 fully saturated rings. The van der Waals surface area contributed by atoms with Gasteiger partial charge in [0.1, 0.15) is 9.99 Å². The van der Waals surface area contributed by atoms with E-state index >= 15 is 0 Å². The minimum absolute atomic E-state index is 0.0460. The van der Waals surface area contributed by atoms with Crippen LogP contribution in [0.25, 0.3) is 5.65 Å². The zero-order valence-electron chi connectivity index (χ0n) is 9.31. The second kappa shape index (κ2) is 4.91. The molecule has 6 heteroatoms. The number of fused-ring (bicyclic) bond motifs is 1. The van der Waals surface area contributed by atoms with Gasteiger partial charge in [0.05, 0.1) is 5.69 Å². The summed E-state index contributed by atoms with van der Waals surface area (Å²) in [5, 5.41) is 1.94. The smallest absolute Gasteiger partial charge is 0.258 e. The van der Waals surface area contributed by atoms with E-state index in [2.05, 4.69) is 9.97 Å². The zero-order chi connectivity index (χ0) is 12.4. The normalized spacial score (nSPS) is 10.9. The summed E-state index contributed by atoms with van der Waals surface area (Å²) in [6.45, 7) is 0. The molecular weight excluding hydrogens is 266 g/mol. The first-order valence-corrected chi connectivity index (χ1v) is 7.19. The topological polar surface area (TPSA) is 47.3 Å². The number of aromatic nitrogens is 3. The molecule has 0 amide bonds. The van der Waals surface area contributed by atoms with Gasteiger partial charge in [0, 0.05) is 29.6 Å². The third-order valence-corrected chi connectivity index (χ3v) is 4.38. The Morgan fingerprint density at radius 3 is 3.17 bits per heavy atom. The number of hydrogen-bond acceptors (Lipinski definition) is 5. The van der Waals surface area contributed by atoms with Gasteiger partial charge in [0.15, 0.2) is 0 Å². The second-order valence-corrected chi connectivity index (χ2v) is 5.72. The van der Waals surface area contributed by atoms with Crippen LogP contribution in [-0.4, -0.2) is 14.4 Å². The minimum Gasteiger partial charge on any atom is -0.269 e. The lowest BCUT2D eigenvalue weighted by Crippen LogP contribution is -2.14. The summed E-state index contributed by atoms with van der Waals surface area (Å²) in [7, 11) is 0. The Hall–Kier alpha value is -1.66. The lowest BCUT2D eigenvalue weighted by atomic mass is 10.4. The summed E-state index contributed by atoms with van der Waals surface area (Å²) in [5.41, 5.74) is 1.42. The molecule has 3 rings (SSSR count). The average Bonchev–Trinajstić information content (AvgIpc) is 2.90. The Balaban J connectivity index is 1.91. The number of rotatable bonds is 3.